The predicted octanol–water partition coefficient (Wildman–Crippen LogP) is 2.55. The summed E-state index contributed by atoms with van der Waals surface area (Å²) < 4.78 is 28.5. The van der Waals surface area contributed by atoms with Crippen molar-refractivity contribution in [3.05, 3.63) is 0 Å². The van der Waals surface area contributed by atoms with Crippen LogP contribution in [0.4, 0.5) is 13.2 Å². The summed E-state index contributed by atoms with van der Waals surface area (Å²) in [5.41, 5.74) is 0. The molecule has 0 N–H and O–H groups in total. The van der Waals surface area contributed by atoms with Gasteiger partial charge in [0.05, 0.1) is 0 Å². The summed E-state index contributed by atoms with van der Waals surface area (Å²) in [5.74, 6) is 0. The van der Waals surface area contributed by atoms with E-state index in [9.17, 15) is 13.2 Å². The van der Waals surface area contributed by atoms with E-state index in [1.165, 1.54) is 0 Å². The van der Waals surface area contributed by atoms with Gasteiger partial charge in [-0.2, -0.15) is 0 Å². The van der Waals surface area contributed by atoms with Gasteiger partial charge < -0.3 is 0 Å². The molecule has 0 heterocycles. The Kier molecular flexibility index (Phi) is 9.08. The zero-order chi connectivity index (χ0) is 7.21. The maximum atomic E-state index is 10.8. The molecule has 0 aromatic rings. The average Bonchev–Trinajstić information content (AvgIpc) is 1.71. The van der Waals surface area contributed by atoms with Crippen molar-refractivity contribution in [1.29, 1.82) is 0 Å². The van der Waals surface area contributed by atoms with Crippen LogP contribution in [0, 0.1) is 0 Å². The Morgan fingerprint density at radius 1 is 1.25 bits per heavy atom. The first-order valence-electron chi connectivity index (χ1n) is 2.19. The SMILES string of the molecule is CC.F[C](F)(F)[Mg][Br]. The van der Waals surface area contributed by atoms with E-state index in [1.807, 2.05) is 13.8 Å². The number of rotatable bonds is 0. The molecule has 0 aromatic heterocycles. The Balaban J connectivity index is 0. The molecule has 0 aliphatic rings. The highest BCUT2D eigenvalue weighted by Gasteiger charge is 2.28. The fourth-order valence-electron chi connectivity index (χ4n) is 0. The van der Waals surface area contributed by atoms with E-state index in [-0.39, 0.29) is 0 Å². The molecule has 48 valence electrons. The molecule has 0 atom stereocenters. The van der Waals surface area contributed by atoms with Gasteiger partial charge in [-0.25, -0.2) is 13.2 Å². The maximum Gasteiger partial charge on any atom is 0.627 e. The van der Waals surface area contributed by atoms with Gasteiger partial charge in [-0.1, -0.05) is 13.8 Å². The molecule has 0 unspecified atom stereocenters. The van der Waals surface area contributed by atoms with Crippen LogP contribution in [0.5, 0.6) is 0 Å². The van der Waals surface area contributed by atoms with Crippen molar-refractivity contribution in [2.45, 2.75) is 18.2 Å². The first kappa shape index (κ1) is 11.8. The van der Waals surface area contributed by atoms with Crippen LogP contribution in [-0.2, 0) is 0 Å². The summed E-state index contributed by atoms with van der Waals surface area (Å²) >= 11 is 0.448. The van der Waals surface area contributed by atoms with Gasteiger partial charge in [0.1, 0.15) is 0 Å². The average molecular weight is 203 g/mol. The molecule has 0 aliphatic heterocycles. The minimum absolute atomic E-state index is 1.94. The zero-order valence-electron chi connectivity index (χ0n) is 4.72. The number of halogens is 4. The molecule has 0 saturated carbocycles. The molecule has 8 heavy (non-hydrogen) atoms. The Morgan fingerprint density at radius 3 is 1.38 bits per heavy atom. The molecular formula is C3H6BrF3Mg. The van der Waals surface area contributed by atoms with Gasteiger partial charge in [0, 0.05) is 0 Å². The lowest BCUT2D eigenvalue weighted by atomic mass is 11.0. The Labute approximate surface area is 62.4 Å². The first-order valence-corrected chi connectivity index (χ1v) is 6.79. The van der Waals surface area contributed by atoms with Crippen LogP contribution < -0.4 is 0 Å². The Morgan fingerprint density at radius 2 is 1.38 bits per heavy atom. The smallest absolute Gasteiger partial charge is 0.289 e. The molecule has 0 aliphatic carbocycles. The van der Waals surface area contributed by atoms with Crippen LogP contribution in [0.2, 0.25) is 0 Å². The largest absolute Gasteiger partial charge is 0.627 e. The minimum Gasteiger partial charge on any atom is -0.289 e. The van der Waals surface area contributed by atoms with Crippen molar-refractivity contribution >= 4 is 31.1 Å². The molecule has 0 spiro atoms. The summed E-state index contributed by atoms with van der Waals surface area (Å²) in [6.45, 7) is 4.00. The molecule has 0 fully saturated rings. The summed E-state index contributed by atoms with van der Waals surface area (Å²) in [4.78, 5) is 0. The van der Waals surface area contributed by atoms with Crippen LogP contribution in [0.25, 0.3) is 0 Å². The fraction of sp³-hybridized carbons (Fsp3) is 1.00. The van der Waals surface area contributed by atoms with E-state index in [0.717, 1.165) is 0 Å². The molecule has 5 heteroatoms. The Bertz CT molecular complexity index is 44.3. The van der Waals surface area contributed by atoms with Gasteiger partial charge in [0.2, 0.25) is 0 Å². The quantitative estimate of drug-likeness (QED) is 0.531. The van der Waals surface area contributed by atoms with Gasteiger partial charge in [0.25, 0.3) is 4.31 Å². The first-order chi connectivity index (χ1) is 3.56. The van der Waals surface area contributed by atoms with Crippen LogP contribution in [0.15, 0.2) is 0 Å². The summed E-state index contributed by atoms with van der Waals surface area (Å²) in [6, 6.07) is 0. The van der Waals surface area contributed by atoms with Crippen LogP contribution in [0.1, 0.15) is 13.8 Å². The third kappa shape index (κ3) is 15.7. The third-order valence-corrected chi connectivity index (χ3v) is 2.36. The van der Waals surface area contributed by atoms with Crippen molar-refractivity contribution in [3.8, 4) is 0 Å². The second-order valence-electron chi connectivity index (χ2n) is 0.749. The predicted molar refractivity (Wildman–Crippen MR) is 32.1 cm³/mol. The lowest BCUT2D eigenvalue weighted by Crippen LogP contribution is -2.11. The summed E-state index contributed by atoms with van der Waals surface area (Å²) in [7, 11) is 0. The van der Waals surface area contributed by atoms with E-state index in [2.05, 4.69) is 12.9 Å². The standard InChI is InChI=1S/C2H6.CF3.BrH.Mg/c1-2;2-1(3)4;;/h1-2H3;;1H;/q;;;+1/p-1. The molecular weight excluding hydrogens is 197 g/mol. The summed E-state index contributed by atoms with van der Waals surface area (Å²) in [6.07, 6.45) is 0. The molecule has 0 rings (SSSR count). The second-order valence-corrected chi connectivity index (χ2v) is 3.50. The third-order valence-electron chi connectivity index (χ3n) is 0.152. The maximum absolute atomic E-state index is 10.8. The van der Waals surface area contributed by atoms with E-state index in [0.29, 0.717) is 0 Å². The number of hydrogen-bond acceptors (Lipinski definition) is 0. The van der Waals surface area contributed by atoms with Gasteiger partial charge in [-0.15, -0.1) is 0 Å². The monoisotopic (exact) mass is 202 g/mol. The molecule has 0 amide bonds. The molecule has 0 saturated heterocycles. The van der Waals surface area contributed by atoms with Crippen LogP contribution in [-0.4, -0.2) is 22.5 Å². The highest BCUT2D eigenvalue weighted by Crippen LogP contribution is 2.13. The zero-order valence-corrected chi connectivity index (χ0v) is 7.72. The second kappa shape index (κ2) is 6.16. The highest BCUT2D eigenvalue weighted by atomic mass is 79.9. The van der Waals surface area contributed by atoms with E-state index in [1.54, 1.807) is 0 Å². The van der Waals surface area contributed by atoms with Crippen molar-refractivity contribution in [3.63, 3.8) is 0 Å². The van der Waals surface area contributed by atoms with E-state index in [4.69, 9.17) is 0 Å². The molecule has 0 radical (unpaired) electrons. The molecule has 0 bridgehead atoms. The van der Waals surface area contributed by atoms with Crippen molar-refractivity contribution in [2.24, 2.45) is 0 Å². The lowest BCUT2D eigenvalue weighted by Gasteiger charge is -1.95. The molecule has 0 nitrogen and oxygen atoms in total. The Hall–Kier alpha value is 1.04. The lowest BCUT2D eigenvalue weighted by molar-refractivity contribution is -0.0439. The van der Waals surface area contributed by atoms with E-state index < -0.39 is 22.5 Å². The van der Waals surface area contributed by atoms with Crippen molar-refractivity contribution in [2.75, 3.05) is 0 Å². The van der Waals surface area contributed by atoms with Crippen molar-refractivity contribution < 1.29 is 13.2 Å². The van der Waals surface area contributed by atoms with Gasteiger partial charge in [-0.3, -0.25) is 12.9 Å². The minimum atomic E-state index is -3.90. The number of alkyl halides is 3. The van der Waals surface area contributed by atoms with E-state index >= 15 is 0 Å². The summed E-state index contributed by atoms with van der Waals surface area (Å²) in [5, 5.41) is 0. The van der Waals surface area contributed by atoms with Crippen LogP contribution in [0.3, 0.4) is 0 Å². The topological polar surface area (TPSA) is 0 Å². The normalized spacial score (nSPS) is 8.75. The van der Waals surface area contributed by atoms with Gasteiger partial charge in [-0.05, 0) is 0 Å². The van der Waals surface area contributed by atoms with Gasteiger partial charge in [0.15, 0.2) is 0 Å². The van der Waals surface area contributed by atoms with Crippen LogP contribution >= 0.6 is 12.9 Å². The molecule has 0 aromatic carbocycles. The fourth-order valence-corrected chi connectivity index (χ4v) is 0. The number of hydrogen-bond donors (Lipinski definition) is 0. The van der Waals surface area contributed by atoms with Gasteiger partial charge >= 0.3 is 18.2 Å². The van der Waals surface area contributed by atoms with Crippen molar-refractivity contribution in [1.82, 2.24) is 0 Å². The highest BCUT2D eigenvalue weighted by molar-refractivity contribution is 9.23.